The van der Waals surface area contributed by atoms with Crippen LogP contribution in [0.4, 0.5) is 0 Å². The molecule has 4 nitrogen and oxygen atoms in total. The van der Waals surface area contributed by atoms with Gasteiger partial charge in [-0.15, -0.1) is 0 Å². The average Bonchev–Trinajstić information content (AvgIpc) is 2.71. The summed E-state index contributed by atoms with van der Waals surface area (Å²) >= 11 is 0. The maximum Gasteiger partial charge on any atom is 0.231 e. The van der Waals surface area contributed by atoms with E-state index in [1.165, 1.54) is 5.56 Å². The minimum absolute atomic E-state index is 0.334. The Hall–Kier alpha value is -1.26. The third-order valence-corrected chi connectivity index (χ3v) is 2.27. The molecule has 0 radical (unpaired) electrons. The third-order valence-electron chi connectivity index (χ3n) is 2.27. The molecule has 0 aliphatic carbocycles. The molecule has 0 unspecified atom stereocenters. The molecule has 0 fully saturated rings. The molecule has 1 aliphatic heterocycles. The van der Waals surface area contributed by atoms with Gasteiger partial charge in [-0.25, -0.2) is 0 Å². The van der Waals surface area contributed by atoms with Gasteiger partial charge in [0.05, 0.1) is 6.73 Å². The van der Waals surface area contributed by atoms with Gasteiger partial charge in [0.2, 0.25) is 6.79 Å². The van der Waals surface area contributed by atoms with Crippen molar-refractivity contribution in [2.75, 3.05) is 27.2 Å². The van der Waals surface area contributed by atoms with Crippen molar-refractivity contribution in [1.82, 2.24) is 5.32 Å². The average molecular weight is 209 g/mol. The number of nitrogens with one attached hydrogen (secondary N) is 1. The van der Waals surface area contributed by atoms with Gasteiger partial charge in [-0.1, -0.05) is 6.07 Å². The van der Waals surface area contributed by atoms with Gasteiger partial charge in [-0.3, -0.25) is 5.32 Å². The molecule has 0 aromatic heterocycles. The summed E-state index contributed by atoms with van der Waals surface area (Å²) in [6, 6.07) is 6.03. The van der Waals surface area contributed by atoms with Crippen molar-refractivity contribution in [3.63, 3.8) is 0 Å². The second-order valence-corrected chi connectivity index (χ2v) is 3.37. The molecule has 4 heteroatoms. The highest BCUT2D eigenvalue weighted by Gasteiger charge is 2.12. The van der Waals surface area contributed by atoms with Crippen LogP contribution >= 0.6 is 0 Å². The van der Waals surface area contributed by atoms with Crippen molar-refractivity contribution in [1.29, 1.82) is 0 Å². The first-order chi connectivity index (χ1) is 7.40. The van der Waals surface area contributed by atoms with Crippen LogP contribution in [0.25, 0.3) is 0 Å². The minimum atomic E-state index is 0.334. The molecule has 0 saturated carbocycles. The van der Waals surface area contributed by atoms with Crippen LogP contribution in [-0.4, -0.2) is 27.2 Å². The van der Waals surface area contributed by atoms with Gasteiger partial charge < -0.3 is 14.2 Å². The molecule has 0 atom stereocenters. The van der Waals surface area contributed by atoms with E-state index in [1.807, 2.05) is 12.1 Å². The lowest BCUT2D eigenvalue weighted by molar-refractivity contribution is 0.174. The predicted molar refractivity (Wildman–Crippen MR) is 56.1 cm³/mol. The zero-order chi connectivity index (χ0) is 10.5. The van der Waals surface area contributed by atoms with E-state index in [-0.39, 0.29) is 0 Å². The molecule has 1 aromatic carbocycles. The zero-order valence-corrected chi connectivity index (χ0v) is 8.79. The van der Waals surface area contributed by atoms with Gasteiger partial charge >= 0.3 is 0 Å². The highest BCUT2D eigenvalue weighted by molar-refractivity contribution is 5.44. The Morgan fingerprint density at radius 1 is 1.33 bits per heavy atom. The maximum absolute atomic E-state index is 5.30. The lowest BCUT2D eigenvalue weighted by Crippen LogP contribution is -2.19. The van der Waals surface area contributed by atoms with E-state index in [0.29, 0.717) is 13.5 Å². The van der Waals surface area contributed by atoms with E-state index in [9.17, 15) is 0 Å². The fourth-order valence-electron chi connectivity index (χ4n) is 1.50. The second kappa shape index (κ2) is 5.00. The summed E-state index contributed by atoms with van der Waals surface area (Å²) in [5, 5.41) is 3.16. The first kappa shape index (κ1) is 10.3. The van der Waals surface area contributed by atoms with Gasteiger partial charge in [0.15, 0.2) is 11.5 Å². The summed E-state index contributed by atoms with van der Waals surface area (Å²) in [4.78, 5) is 0. The van der Waals surface area contributed by atoms with Gasteiger partial charge in [-0.2, -0.15) is 0 Å². The van der Waals surface area contributed by atoms with E-state index in [4.69, 9.17) is 14.2 Å². The molecule has 0 amide bonds. The number of fused-ring (bicyclic) bond motifs is 1. The van der Waals surface area contributed by atoms with Crippen molar-refractivity contribution in [2.45, 2.75) is 6.42 Å². The monoisotopic (exact) mass is 209 g/mol. The fraction of sp³-hybridized carbons (Fsp3) is 0.455. The van der Waals surface area contributed by atoms with Gasteiger partial charge in [0, 0.05) is 13.7 Å². The van der Waals surface area contributed by atoms with Crippen LogP contribution in [0.1, 0.15) is 5.56 Å². The van der Waals surface area contributed by atoms with Crippen LogP contribution in [0, 0.1) is 0 Å². The largest absolute Gasteiger partial charge is 0.454 e. The second-order valence-electron chi connectivity index (χ2n) is 3.37. The molecule has 82 valence electrons. The first-order valence-electron chi connectivity index (χ1n) is 4.98. The quantitative estimate of drug-likeness (QED) is 0.583. The van der Waals surface area contributed by atoms with E-state index in [2.05, 4.69) is 11.4 Å². The van der Waals surface area contributed by atoms with E-state index < -0.39 is 0 Å². The van der Waals surface area contributed by atoms with Crippen molar-refractivity contribution in [2.24, 2.45) is 0 Å². The molecule has 1 aromatic rings. The number of methoxy groups -OCH3 is 1. The fourth-order valence-corrected chi connectivity index (χ4v) is 1.50. The van der Waals surface area contributed by atoms with Crippen LogP contribution in [-0.2, 0) is 11.2 Å². The summed E-state index contributed by atoms with van der Waals surface area (Å²) in [5.41, 5.74) is 1.24. The van der Waals surface area contributed by atoms with Gasteiger partial charge in [-0.05, 0) is 24.1 Å². The standard InChI is InChI=1S/C11H15NO3/c1-13-7-12-5-4-9-2-3-10-11(6-9)15-8-14-10/h2-3,6,12H,4-5,7-8H2,1H3. The first-order valence-corrected chi connectivity index (χ1v) is 4.98. The summed E-state index contributed by atoms with van der Waals surface area (Å²) in [5.74, 6) is 1.68. The number of hydrogen-bond donors (Lipinski definition) is 1. The smallest absolute Gasteiger partial charge is 0.231 e. The topological polar surface area (TPSA) is 39.7 Å². The molecular weight excluding hydrogens is 194 g/mol. The third kappa shape index (κ3) is 2.61. The highest BCUT2D eigenvalue weighted by atomic mass is 16.7. The number of benzene rings is 1. The minimum Gasteiger partial charge on any atom is -0.454 e. The molecule has 0 spiro atoms. The number of rotatable bonds is 5. The Morgan fingerprint density at radius 3 is 3.07 bits per heavy atom. The van der Waals surface area contributed by atoms with Crippen molar-refractivity contribution < 1.29 is 14.2 Å². The Balaban J connectivity index is 1.87. The number of hydrogen-bond acceptors (Lipinski definition) is 4. The van der Waals surface area contributed by atoms with E-state index in [0.717, 1.165) is 24.5 Å². The summed E-state index contributed by atoms with van der Waals surface area (Å²) in [7, 11) is 1.67. The van der Waals surface area contributed by atoms with E-state index >= 15 is 0 Å². The Kier molecular flexibility index (Phi) is 3.42. The molecular formula is C11H15NO3. The zero-order valence-electron chi connectivity index (χ0n) is 8.79. The van der Waals surface area contributed by atoms with Gasteiger partial charge in [0.1, 0.15) is 0 Å². The molecule has 0 saturated heterocycles. The lowest BCUT2D eigenvalue weighted by atomic mass is 10.1. The Bertz CT molecular complexity index is 328. The molecule has 1 heterocycles. The molecule has 0 bridgehead atoms. The SMILES string of the molecule is COCNCCc1ccc2c(c1)OCO2. The molecule has 1 N–H and O–H groups in total. The highest BCUT2D eigenvalue weighted by Crippen LogP contribution is 2.32. The van der Waals surface area contributed by atoms with Gasteiger partial charge in [0.25, 0.3) is 0 Å². The van der Waals surface area contributed by atoms with Crippen LogP contribution in [0.5, 0.6) is 11.5 Å². The van der Waals surface area contributed by atoms with Crippen LogP contribution in [0.3, 0.4) is 0 Å². The predicted octanol–water partition coefficient (Wildman–Crippen LogP) is 1.15. The Labute approximate surface area is 89.1 Å². The van der Waals surface area contributed by atoms with Crippen molar-refractivity contribution in [3.8, 4) is 11.5 Å². The van der Waals surface area contributed by atoms with Crippen molar-refractivity contribution >= 4 is 0 Å². The van der Waals surface area contributed by atoms with Crippen molar-refractivity contribution in [3.05, 3.63) is 23.8 Å². The maximum atomic E-state index is 5.30. The normalized spacial score (nSPS) is 13.1. The summed E-state index contributed by atoms with van der Waals surface area (Å²) < 4.78 is 15.4. The van der Waals surface area contributed by atoms with Crippen LogP contribution in [0.15, 0.2) is 18.2 Å². The summed E-state index contributed by atoms with van der Waals surface area (Å²) in [6.45, 7) is 1.82. The van der Waals surface area contributed by atoms with Crippen LogP contribution < -0.4 is 14.8 Å². The summed E-state index contributed by atoms with van der Waals surface area (Å²) in [6.07, 6.45) is 0.958. The van der Waals surface area contributed by atoms with Crippen LogP contribution in [0.2, 0.25) is 0 Å². The molecule has 15 heavy (non-hydrogen) atoms. The lowest BCUT2D eigenvalue weighted by Gasteiger charge is -2.04. The molecule has 2 rings (SSSR count). The molecule has 1 aliphatic rings. The van der Waals surface area contributed by atoms with E-state index in [1.54, 1.807) is 7.11 Å². The number of ether oxygens (including phenoxy) is 3. The Morgan fingerprint density at radius 2 is 2.20 bits per heavy atom.